The Morgan fingerprint density at radius 3 is 2.70 bits per heavy atom. The number of nitrogens with two attached hydrogens (primary N) is 1. The predicted octanol–water partition coefficient (Wildman–Crippen LogP) is 1.41. The smallest absolute Gasteiger partial charge is 0.351 e. The Bertz CT molecular complexity index is 489. The normalized spacial score (nSPS) is 17.4. The second-order valence-corrected chi connectivity index (χ2v) is 5.53. The van der Waals surface area contributed by atoms with Crippen LogP contribution >= 0.6 is 0 Å². The molecule has 1 aromatic rings. The van der Waals surface area contributed by atoms with E-state index in [4.69, 9.17) is 10.5 Å². The average molecular weight is 283 g/mol. The van der Waals surface area contributed by atoms with Crippen LogP contribution in [0.5, 0.6) is 0 Å². The molecule has 6 heteroatoms. The van der Waals surface area contributed by atoms with Gasteiger partial charge in [-0.25, -0.2) is 4.79 Å². The molecule has 1 aromatic heterocycles. The van der Waals surface area contributed by atoms with Crippen LogP contribution in [0.25, 0.3) is 0 Å². The quantitative estimate of drug-likeness (QED) is 0.789. The number of nitrogen functional groups attached to an aromatic ring is 1. The number of aromatic nitrogens is 2. The van der Waals surface area contributed by atoms with Gasteiger partial charge in [-0.3, -0.25) is 4.57 Å². The standard InChI is InChI=1S/C14H25N3O3/c1-5-14(3,10(2)9-18)8-12(20-4)17-7-6-11(15)16-13(17)19/h6-7,10,12,18H,5,8-9H2,1-4H3,(H2,15,16,19)/t10?,12?,14-/m1/s1. The summed E-state index contributed by atoms with van der Waals surface area (Å²) in [5.74, 6) is 0.311. The van der Waals surface area contributed by atoms with Crippen LogP contribution < -0.4 is 11.4 Å². The highest BCUT2D eigenvalue weighted by atomic mass is 16.5. The molecule has 0 amide bonds. The van der Waals surface area contributed by atoms with E-state index in [0.717, 1.165) is 6.42 Å². The summed E-state index contributed by atoms with van der Waals surface area (Å²) in [6, 6.07) is 1.58. The van der Waals surface area contributed by atoms with Crippen LogP contribution in [0.3, 0.4) is 0 Å². The van der Waals surface area contributed by atoms with Gasteiger partial charge >= 0.3 is 5.69 Å². The maximum absolute atomic E-state index is 11.9. The molecule has 3 N–H and O–H groups in total. The zero-order chi connectivity index (χ0) is 15.3. The average Bonchev–Trinajstić information content (AvgIpc) is 2.44. The summed E-state index contributed by atoms with van der Waals surface area (Å²) >= 11 is 0. The van der Waals surface area contributed by atoms with Gasteiger partial charge in [0.05, 0.1) is 0 Å². The largest absolute Gasteiger partial charge is 0.396 e. The van der Waals surface area contributed by atoms with Crippen molar-refractivity contribution in [3.05, 3.63) is 22.7 Å². The van der Waals surface area contributed by atoms with Gasteiger partial charge in [0.25, 0.3) is 0 Å². The van der Waals surface area contributed by atoms with E-state index in [1.807, 2.05) is 6.92 Å². The minimum Gasteiger partial charge on any atom is -0.396 e. The highest BCUT2D eigenvalue weighted by Crippen LogP contribution is 2.38. The number of hydrogen-bond acceptors (Lipinski definition) is 5. The number of nitrogens with zero attached hydrogens (tertiary/aromatic N) is 2. The molecule has 20 heavy (non-hydrogen) atoms. The molecule has 0 bridgehead atoms. The molecule has 0 aliphatic heterocycles. The molecule has 3 atom stereocenters. The Morgan fingerprint density at radius 2 is 2.25 bits per heavy atom. The number of ether oxygens (including phenoxy) is 1. The highest BCUT2D eigenvalue weighted by Gasteiger charge is 2.33. The number of aliphatic hydroxyl groups excluding tert-OH is 1. The van der Waals surface area contributed by atoms with Crippen molar-refractivity contribution < 1.29 is 9.84 Å². The van der Waals surface area contributed by atoms with Crippen molar-refractivity contribution >= 4 is 5.82 Å². The molecule has 0 saturated carbocycles. The Balaban J connectivity index is 3.04. The van der Waals surface area contributed by atoms with Gasteiger partial charge in [-0.15, -0.1) is 0 Å². The summed E-state index contributed by atoms with van der Waals surface area (Å²) in [6.07, 6.45) is 2.67. The lowest BCUT2D eigenvalue weighted by Crippen LogP contribution is -2.35. The Kier molecular flexibility index (Phi) is 5.71. The number of anilines is 1. The van der Waals surface area contributed by atoms with E-state index in [1.54, 1.807) is 19.4 Å². The monoisotopic (exact) mass is 283 g/mol. The molecule has 0 radical (unpaired) electrons. The molecular weight excluding hydrogens is 258 g/mol. The van der Waals surface area contributed by atoms with Crippen LogP contribution in [-0.4, -0.2) is 28.4 Å². The van der Waals surface area contributed by atoms with Gasteiger partial charge in [-0.2, -0.15) is 4.98 Å². The van der Waals surface area contributed by atoms with E-state index >= 15 is 0 Å². The summed E-state index contributed by atoms with van der Waals surface area (Å²) in [6.45, 7) is 6.27. The number of aliphatic hydroxyl groups is 1. The topological polar surface area (TPSA) is 90.4 Å². The second-order valence-electron chi connectivity index (χ2n) is 5.53. The van der Waals surface area contributed by atoms with Crippen molar-refractivity contribution in [2.24, 2.45) is 11.3 Å². The Morgan fingerprint density at radius 1 is 1.60 bits per heavy atom. The highest BCUT2D eigenvalue weighted by molar-refractivity contribution is 5.23. The molecular formula is C14H25N3O3. The predicted molar refractivity (Wildman–Crippen MR) is 78.2 cm³/mol. The van der Waals surface area contributed by atoms with Crippen molar-refractivity contribution in [3.63, 3.8) is 0 Å². The first-order valence-corrected chi connectivity index (χ1v) is 6.86. The fourth-order valence-corrected chi connectivity index (χ4v) is 2.25. The van der Waals surface area contributed by atoms with Crippen molar-refractivity contribution in [2.75, 3.05) is 19.5 Å². The maximum atomic E-state index is 11.9. The minimum atomic E-state index is -0.424. The summed E-state index contributed by atoms with van der Waals surface area (Å²) in [5.41, 5.74) is 4.94. The van der Waals surface area contributed by atoms with Gasteiger partial charge in [0.2, 0.25) is 0 Å². The molecule has 0 aromatic carbocycles. The molecule has 1 heterocycles. The van der Waals surface area contributed by atoms with Crippen LogP contribution in [0.2, 0.25) is 0 Å². The van der Waals surface area contributed by atoms with Gasteiger partial charge in [0.15, 0.2) is 0 Å². The molecule has 1 rings (SSSR count). The van der Waals surface area contributed by atoms with Crippen LogP contribution in [-0.2, 0) is 4.74 Å². The third-order valence-electron chi connectivity index (χ3n) is 4.35. The Hall–Kier alpha value is -1.40. The third-order valence-corrected chi connectivity index (χ3v) is 4.35. The van der Waals surface area contributed by atoms with Gasteiger partial charge < -0.3 is 15.6 Å². The van der Waals surface area contributed by atoms with E-state index in [0.29, 0.717) is 6.42 Å². The molecule has 0 aliphatic rings. The van der Waals surface area contributed by atoms with E-state index in [2.05, 4.69) is 18.8 Å². The fraction of sp³-hybridized carbons (Fsp3) is 0.714. The van der Waals surface area contributed by atoms with E-state index < -0.39 is 11.9 Å². The second kappa shape index (κ2) is 6.85. The zero-order valence-electron chi connectivity index (χ0n) is 12.7. The van der Waals surface area contributed by atoms with E-state index in [1.165, 1.54) is 4.57 Å². The summed E-state index contributed by atoms with van der Waals surface area (Å²) in [7, 11) is 1.56. The number of methoxy groups -OCH3 is 1. The molecule has 0 spiro atoms. The van der Waals surface area contributed by atoms with E-state index in [9.17, 15) is 9.90 Å². The fourth-order valence-electron chi connectivity index (χ4n) is 2.25. The molecule has 0 fully saturated rings. The van der Waals surface area contributed by atoms with Gasteiger partial charge in [0, 0.05) is 19.9 Å². The molecule has 6 nitrogen and oxygen atoms in total. The SMILES string of the molecule is CC[C@](C)(CC(OC)n1ccc(N)nc1=O)C(C)CO. The summed E-state index contributed by atoms with van der Waals surface area (Å²) in [5, 5.41) is 9.41. The molecule has 0 aliphatic carbocycles. The third kappa shape index (κ3) is 3.58. The summed E-state index contributed by atoms with van der Waals surface area (Å²) in [4.78, 5) is 15.6. The van der Waals surface area contributed by atoms with E-state index in [-0.39, 0.29) is 23.8 Å². The van der Waals surface area contributed by atoms with Gasteiger partial charge in [-0.1, -0.05) is 27.2 Å². The van der Waals surface area contributed by atoms with Gasteiger partial charge in [0.1, 0.15) is 12.0 Å². The molecule has 2 unspecified atom stereocenters. The minimum absolute atomic E-state index is 0.107. The number of rotatable bonds is 7. The maximum Gasteiger partial charge on any atom is 0.351 e. The first-order valence-electron chi connectivity index (χ1n) is 6.86. The van der Waals surface area contributed by atoms with Crippen LogP contribution in [0.15, 0.2) is 17.1 Å². The van der Waals surface area contributed by atoms with Crippen LogP contribution in [0.1, 0.15) is 39.8 Å². The van der Waals surface area contributed by atoms with Crippen LogP contribution in [0.4, 0.5) is 5.82 Å². The van der Waals surface area contributed by atoms with Crippen molar-refractivity contribution in [1.82, 2.24) is 9.55 Å². The van der Waals surface area contributed by atoms with Crippen molar-refractivity contribution in [3.8, 4) is 0 Å². The molecule has 114 valence electrons. The van der Waals surface area contributed by atoms with Gasteiger partial charge in [-0.05, 0) is 23.8 Å². The lowest BCUT2D eigenvalue weighted by atomic mass is 9.73. The lowest BCUT2D eigenvalue weighted by Gasteiger charge is -2.37. The zero-order valence-corrected chi connectivity index (χ0v) is 12.7. The van der Waals surface area contributed by atoms with Crippen LogP contribution in [0, 0.1) is 11.3 Å². The lowest BCUT2D eigenvalue weighted by molar-refractivity contribution is -0.0238. The van der Waals surface area contributed by atoms with Crippen molar-refractivity contribution in [1.29, 1.82) is 0 Å². The first-order chi connectivity index (χ1) is 9.37. The first kappa shape index (κ1) is 16.7. The number of hydrogen-bond donors (Lipinski definition) is 2. The Labute approximate surface area is 119 Å². The summed E-state index contributed by atoms with van der Waals surface area (Å²) < 4.78 is 6.89. The molecule has 0 saturated heterocycles. The van der Waals surface area contributed by atoms with Crippen molar-refractivity contribution in [2.45, 2.75) is 39.8 Å².